The van der Waals surface area contributed by atoms with E-state index >= 15 is 0 Å². The van der Waals surface area contributed by atoms with Crippen molar-refractivity contribution in [1.29, 1.82) is 0 Å². The van der Waals surface area contributed by atoms with Crippen LogP contribution in [0.5, 0.6) is 0 Å². The van der Waals surface area contributed by atoms with E-state index in [9.17, 15) is 0 Å². The van der Waals surface area contributed by atoms with E-state index in [1.165, 1.54) is 42.4 Å². The highest BCUT2D eigenvalue weighted by atomic mass is 15.0. The summed E-state index contributed by atoms with van der Waals surface area (Å²) in [5.41, 5.74) is 4.27. The summed E-state index contributed by atoms with van der Waals surface area (Å²) in [6, 6.07) is 8.29. The summed E-state index contributed by atoms with van der Waals surface area (Å²) in [6.45, 7) is 6.68. The topological polar surface area (TPSA) is 12.0 Å². The fourth-order valence-corrected chi connectivity index (χ4v) is 2.87. The van der Waals surface area contributed by atoms with Crippen molar-refractivity contribution in [2.45, 2.75) is 58.5 Å². The molecule has 2 unspecified atom stereocenters. The van der Waals surface area contributed by atoms with Crippen LogP contribution in [0.2, 0.25) is 0 Å². The molecule has 1 saturated heterocycles. The molecule has 1 aromatic carbocycles. The molecule has 0 spiro atoms. The van der Waals surface area contributed by atoms with E-state index in [2.05, 4.69) is 44.3 Å². The van der Waals surface area contributed by atoms with Gasteiger partial charge in [-0.05, 0) is 45.6 Å². The first kappa shape index (κ1) is 11.7. The lowest BCUT2D eigenvalue weighted by molar-refractivity contribution is 0.333. The van der Waals surface area contributed by atoms with Gasteiger partial charge in [0.15, 0.2) is 0 Å². The van der Waals surface area contributed by atoms with E-state index in [-0.39, 0.29) is 0 Å². The van der Waals surface area contributed by atoms with Crippen molar-refractivity contribution in [2.75, 3.05) is 0 Å². The Labute approximate surface area is 99.3 Å². The second-order valence-electron chi connectivity index (χ2n) is 5.40. The Morgan fingerprint density at radius 3 is 2.44 bits per heavy atom. The molecular formula is C15H23N. The molecular weight excluding hydrogens is 194 g/mol. The van der Waals surface area contributed by atoms with Crippen LogP contribution in [0.3, 0.4) is 0 Å². The number of hydrogen-bond donors (Lipinski definition) is 1. The molecule has 88 valence electrons. The van der Waals surface area contributed by atoms with Gasteiger partial charge < -0.3 is 5.32 Å². The van der Waals surface area contributed by atoms with Crippen LogP contribution in [0, 0.1) is 13.8 Å². The highest BCUT2D eigenvalue weighted by Crippen LogP contribution is 2.17. The maximum absolute atomic E-state index is 3.70. The highest BCUT2D eigenvalue weighted by molar-refractivity contribution is 5.29. The molecule has 2 atom stereocenters. The lowest BCUT2D eigenvalue weighted by Crippen LogP contribution is -2.41. The van der Waals surface area contributed by atoms with Crippen LogP contribution in [-0.2, 0) is 6.42 Å². The molecule has 1 nitrogen and oxygen atoms in total. The summed E-state index contributed by atoms with van der Waals surface area (Å²) in [7, 11) is 0. The summed E-state index contributed by atoms with van der Waals surface area (Å²) < 4.78 is 0. The van der Waals surface area contributed by atoms with E-state index < -0.39 is 0 Å². The Kier molecular flexibility index (Phi) is 3.65. The average Bonchev–Trinajstić information content (AvgIpc) is 2.15. The number of nitrogens with one attached hydrogen (secondary N) is 1. The Morgan fingerprint density at radius 1 is 1.12 bits per heavy atom. The van der Waals surface area contributed by atoms with Crippen molar-refractivity contribution in [3.8, 4) is 0 Å². The minimum atomic E-state index is 0.685. The van der Waals surface area contributed by atoms with Gasteiger partial charge in [0.05, 0.1) is 0 Å². The van der Waals surface area contributed by atoms with Gasteiger partial charge in [0.1, 0.15) is 0 Å². The lowest BCUT2D eigenvalue weighted by atomic mass is 9.93. The van der Waals surface area contributed by atoms with Gasteiger partial charge in [0.2, 0.25) is 0 Å². The van der Waals surface area contributed by atoms with Crippen LogP contribution in [0.25, 0.3) is 0 Å². The van der Waals surface area contributed by atoms with Gasteiger partial charge >= 0.3 is 0 Å². The molecule has 0 radical (unpaired) electrons. The third kappa shape index (κ3) is 3.08. The maximum atomic E-state index is 3.70. The van der Waals surface area contributed by atoms with E-state index in [1.807, 2.05) is 0 Å². The molecule has 1 aromatic rings. The fourth-order valence-electron chi connectivity index (χ4n) is 2.87. The van der Waals surface area contributed by atoms with Gasteiger partial charge in [-0.15, -0.1) is 0 Å². The van der Waals surface area contributed by atoms with Crippen molar-refractivity contribution in [2.24, 2.45) is 0 Å². The molecule has 0 saturated carbocycles. The molecule has 2 rings (SSSR count). The van der Waals surface area contributed by atoms with Crippen molar-refractivity contribution < 1.29 is 0 Å². The van der Waals surface area contributed by atoms with Gasteiger partial charge in [0.25, 0.3) is 0 Å². The summed E-state index contributed by atoms with van der Waals surface area (Å²) in [5, 5.41) is 3.70. The van der Waals surface area contributed by atoms with E-state index in [0.717, 1.165) is 0 Å². The number of aryl methyl sites for hydroxylation is 2. The molecule has 0 aromatic heterocycles. The fraction of sp³-hybridized carbons (Fsp3) is 0.600. The van der Waals surface area contributed by atoms with E-state index in [1.54, 1.807) is 0 Å². The van der Waals surface area contributed by atoms with Crippen LogP contribution in [-0.4, -0.2) is 12.1 Å². The van der Waals surface area contributed by atoms with Crippen LogP contribution in [0.15, 0.2) is 18.2 Å². The molecule has 1 heteroatoms. The summed E-state index contributed by atoms with van der Waals surface area (Å²) in [5.74, 6) is 0. The molecule has 1 fully saturated rings. The number of rotatable bonds is 2. The van der Waals surface area contributed by atoms with Gasteiger partial charge in [0, 0.05) is 12.1 Å². The quantitative estimate of drug-likeness (QED) is 0.801. The van der Waals surface area contributed by atoms with Crippen LogP contribution in [0.4, 0.5) is 0 Å². The van der Waals surface area contributed by atoms with Crippen LogP contribution >= 0.6 is 0 Å². The molecule has 1 aliphatic heterocycles. The molecule has 16 heavy (non-hydrogen) atoms. The van der Waals surface area contributed by atoms with E-state index in [0.29, 0.717) is 12.1 Å². The first-order valence-electron chi connectivity index (χ1n) is 6.47. The summed E-state index contributed by atoms with van der Waals surface area (Å²) in [6.07, 6.45) is 5.23. The average molecular weight is 217 g/mol. The molecule has 1 heterocycles. The zero-order valence-corrected chi connectivity index (χ0v) is 10.7. The lowest BCUT2D eigenvalue weighted by Gasteiger charge is -2.29. The minimum Gasteiger partial charge on any atom is -0.311 e. The third-order valence-electron chi connectivity index (χ3n) is 3.47. The van der Waals surface area contributed by atoms with Gasteiger partial charge in [-0.2, -0.15) is 0 Å². The normalized spacial score (nSPS) is 25.7. The SMILES string of the molecule is Cc1cc(C)cc(CC2CCCC(C)N2)c1. The van der Waals surface area contributed by atoms with Gasteiger partial charge in [-0.1, -0.05) is 35.7 Å². The van der Waals surface area contributed by atoms with Crippen LogP contribution in [0.1, 0.15) is 42.9 Å². The van der Waals surface area contributed by atoms with E-state index in [4.69, 9.17) is 0 Å². The Balaban J connectivity index is 2.02. The predicted molar refractivity (Wildman–Crippen MR) is 69.9 cm³/mol. The first-order valence-corrected chi connectivity index (χ1v) is 6.47. The molecule has 0 aliphatic carbocycles. The Morgan fingerprint density at radius 2 is 1.81 bits per heavy atom. The summed E-state index contributed by atoms with van der Waals surface area (Å²) >= 11 is 0. The molecule has 0 bridgehead atoms. The highest BCUT2D eigenvalue weighted by Gasteiger charge is 2.17. The Hall–Kier alpha value is -0.820. The zero-order chi connectivity index (χ0) is 11.5. The maximum Gasteiger partial charge on any atom is 0.0110 e. The smallest absolute Gasteiger partial charge is 0.0110 e. The monoisotopic (exact) mass is 217 g/mol. The molecule has 0 amide bonds. The van der Waals surface area contributed by atoms with Gasteiger partial charge in [-0.3, -0.25) is 0 Å². The number of hydrogen-bond acceptors (Lipinski definition) is 1. The van der Waals surface area contributed by atoms with Crippen LogP contribution < -0.4 is 5.32 Å². The second-order valence-corrected chi connectivity index (χ2v) is 5.40. The molecule has 1 aliphatic rings. The molecule has 1 N–H and O–H groups in total. The minimum absolute atomic E-state index is 0.685. The van der Waals surface area contributed by atoms with Crippen molar-refractivity contribution in [3.05, 3.63) is 34.9 Å². The Bertz CT molecular complexity index is 336. The van der Waals surface area contributed by atoms with Crippen molar-refractivity contribution in [1.82, 2.24) is 5.32 Å². The van der Waals surface area contributed by atoms with Crippen molar-refractivity contribution in [3.63, 3.8) is 0 Å². The standard InChI is InChI=1S/C15H23N/c1-11-7-12(2)9-14(8-11)10-15-6-4-5-13(3)16-15/h7-9,13,15-16H,4-6,10H2,1-3H3. The number of piperidine rings is 1. The largest absolute Gasteiger partial charge is 0.311 e. The second kappa shape index (κ2) is 5.01. The number of benzene rings is 1. The first-order chi connectivity index (χ1) is 7.63. The summed E-state index contributed by atoms with van der Waals surface area (Å²) in [4.78, 5) is 0. The zero-order valence-electron chi connectivity index (χ0n) is 10.7. The van der Waals surface area contributed by atoms with Gasteiger partial charge in [-0.25, -0.2) is 0 Å². The van der Waals surface area contributed by atoms with Crippen molar-refractivity contribution >= 4 is 0 Å². The third-order valence-corrected chi connectivity index (χ3v) is 3.47. The predicted octanol–water partition coefficient (Wildman–Crippen LogP) is 3.38.